The Bertz CT molecular complexity index is 409. The van der Waals surface area contributed by atoms with E-state index >= 15 is 0 Å². The molecule has 0 saturated carbocycles. The van der Waals surface area contributed by atoms with E-state index in [4.69, 9.17) is 5.26 Å². The lowest BCUT2D eigenvalue weighted by Crippen LogP contribution is -2.18. The quantitative estimate of drug-likeness (QED) is 0.779. The fraction of sp³-hybridized carbons (Fsp3) is 0.417. The van der Waals surface area contributed by atoms with Crippen LogP contribution in [0.15, 0.2) is 22.7 Å². The molecule has 0 aromatic heterocycles. The highest BCUT2D eigenvalue weighted by atomic mass is 79.9. The van der Waals surface area contributed by atoms with E-state index in [-0.39, 0.29) is 0 Å². The fourth-order valence-corrected chi connectivity index (χ4v) is 2.42. The molecule has 2 rings (SSSR count). The van der Waals surface area contributed by atoms with Crippen LogP contribution in [-0.4, -0.2) is 13.1 Å². The molecule has 2 nitrogen and oxygen atoms in total. The van der Waals surface area contributed by atoms with Crippen molar-refractivity contribution in [3.8, 4) is 6.07 Å². The van der Waals surface area contributed by atoms with Crippen molar-refractivity contribution >= 4 is 21.6 Å². The summed E-state index contributed by atoms with van der Waals surface area (Å²) < 4.78 is 0.891. The van der Waals surface area contributed by atoms with Crippen LogP contribution in [-0.2, 0) is 0 Å². The van der Waals surface area contributed by atoms with Gasteiger partial charge in [-0.05, 0) is 46.5 Å². The molecule has 1 aromatic carbocycles. The molecule has 15 heavy (non-hydrogen) atoms. The summed E-state index contributed by atoms with van der Waals surface area (Å²) in [5.74, 6) is 0.777. The van der Waals surface area contributed by atoms with Gasteiger partial charge in [0.2, 0.25) is 0 Å². The van der Waals surface area contributed by atoms with Crippen LogP contribution in [0.5, 0.6) is 0 Å². The average molecular weight is 265 g/mol. The van der Waals surface area contributed by atoms with Gasteiger partial charge in [-0.15, -0.1) is 0 Å². The van der Waals surface area contributed by atoms with Gasteiger partial charge >= 0.3 is 0 Å². The zero-order valence-electron chi connectivity index (χ0n) is 8.70. The highest BCUT2D eigenvalue weighted by molar-refractivity contribution is 9.10. The summed E-state index contributed by atoms with van der Waals surface area (Å²) in [6, 6.07) is 8.10. The maximum absolute atomic E-state index is 8.82. The second kappa shape index (κ2) is 4.24. The molecule has 1 aromatic rings. The molecule has 0 aliphatic carbocycles. The van der Waals surface area contributed by atoms with Crippen molar-refractivity contribution in [1.82, 2.24) is 0 Å². The average Bonchev–Trinajstić information content (AvgIpc) is 2.65. The first-order valence-electron chi connectivity index (χ1n) is 5.15. The Balaban J connectivity index is 2.24. The third kappa shape index (κ3) is 2.15. The summed E-state index contributed by atoms with van der Waals surface area (Å²) in [5, 5.41) is 8.82. The zero-order chi connectivity index (χ0) is 10.8. The van der Waals surface area contributed by atoms with E-state index in [9.17, 15) is 0 Å². The molecule has 0 bridgehead atoms. The summed E-state index contributed by atoms with van der Waals surface area (Å²) >= 11 is 3.42. The third-order valence-electron chi connectivity index (χ3n) is 2.86. The Morgan fingerprint density at radius 1 is 1.53 bits per heavy atom. The number of hydrogen-bond acceptors (Lipinski definition) is 2. The maximum atomic E-state index is 8.82. The second-order valence-electron chi connectivity index (χ2n) is 4.12. The Labute approximate surface area is 98.6 Å². The Morgan fingerprint density at radius 2 is 2.33 bits per heavy atom. The van der Waals surface area contributed by atoms with Crippen LogP contribution in [0.25, 0.3) is 0 Å². The van der Waals surface area contributed by atoms with Gasteiger partial charge < -0.3 is 4.90 Å². The van der Waals surface area contributed by atoms with E-state index in [1.165, 1.54) is 12.1 Å². The van der Waals surface area contributed by atoms with Gasteiger partial charge in [0.15, 0.2) is 0 Å². The van der Waals surface area contributed by atoms with Crippen molar-refractivity contribution in [3.63, 3.8) is 0 Å². The van der Waals surface area contributed by atoms with Crippen LogP contribution >= 0.6 is 15.9 Å². The van der Waals surface area contributed by atoms with Crippen LogP contribution in [0.2, 0.25) is 0 Å². The van der Waals surface area contributed by atoms with E-state index < -0.39 is 0 Å². The molecule has 3 heteroatoms. The summed E-state index contributed by atoms with van der Waals surface area (Å²) in [4.78, 5) is 2.37. The van der Waals surface area contributed by atoms with E-state index in [2.05, 4.69) is 33.8 Å². The molecule has 0 N–H and O–H groups in total. The summed E-state index contributed by atoms with van der Waals surface area (Å²) in [6.45, 7) is 4.52. The molecule has 78 valence electrons. The fourth-order valence-electron chi connectivity index (χ4n) is 1.96. The van der Waals surface area contributed by atoms with Crippen LogP contribution in [0.3, 0.4) is 0 Å². The minimum atomic E-state index is 0.700. The number of hydrogen-bond donors (Lipinski definition) is 0. The highest BCUT2D eigenvalue weighted by Crippen LogP contribution is 2.27. The highest BCUT2D eigenvalue weighted by Gasteiger charge is 2.19. The van der Waals surface area contributed by atoms with E-state index in [1.807, 2.05) is 18.2 Å². The molecule has 1 heterocycles. The van der Waals surface area contributed by atoms with Crippen molar-refractivity contribution in [2.45, 2.75) is 13.3 Å². The first kappa shape index (κ1) is 10.5. The van der Waals surface area contributed by atoms with Crippen molar-refractivity contribution in [2.75, 3.05) is 18.0 Å². The molecule has 0 spiro atoms. The smallest absolute Gasteiger partial charge is 0.100 e. The summed E-state index contributed by atoms with van der Waals surface area (Å²) in [5.41, 5.74) is 1.91. The van der Waals surface area contributed by atoms with Gasteiger partial charge in [0, 0.05) is 23.2 Å². The van der Waals surface area contributed by atoms with E-state index in [0.29, 0.717) is 5.56 Å². The van der Waals surface area contributed by atoms with Gasteiger partial charge in [-0.3, -0.25) is 0 Å². The van der Waals surface area contributed by atoms with Gasteiger partial charge in [0.05, 0.1) is 5.56 Å². The van der Waals surface area contributed by atoms with Gasteiger partial charge in [0.25, 0.3) is 0 Å². The van der Waals surface area contributed by atoms with Crippen LogP contribution < -0.4 is 4.90 Å². The van der Waals surface area contributed by atoms with Gasteiger partial charge in [-0.25, -0.2) is 0 Å². The number of rotatable bonds is 1. The van der Waals surface area contributed by atoms with Gasteiger partial charge in [-0.1, -0.05) is 6.92 Å². The van der Waals surface area contributed by atoms with Crippen molar-refractivity contribution < 1.29 is 0 Å². The molecule has 1 aliphatic heterocycles. The molecule has 1 atom stereocenters. The van der Waals surface area contributed by atoms with Crippen molar-refractivity contribution in [2.24, 2.45) is 5.92 Å². The second-order valence-corrected chi connectivity index (χ2v) is 4.97. The molecule has 1 saturated heterocycles. The maximum Gasteiger partial charge on any atom is 0.100 e. The molecule has 1 aliphatic rings. The topological polar surface area (TPSA) is 27.0 Å². The lowest BCUT2D eigenvalue weighted by molar-refractivity contribution is 0.659. The first-order valence-corrected chi connectivity index (χ1v) is 5.94. The predicted octanol–water partition coefficient (Wildman–Crippen LogP) is 3.17. The number of benzene rings is 1. The monoisotopic (exact) mass is 264 g/mol. The molecular weight excluding hydrogens is 252 g/mol. The molecule has 1 unspecified atom stereocenters. The van der Waals surface area contributed by atoms with E-state index in [0.717, 1.165) is 23.5 Å². The molecule has 0 amide bonds. The first-order chi connectivity index (χ1) is 7.20. The van der Waals surface area contributed by atoms with Crippen LogP contribution in [0, 0.1) is 17.2 Å². The predicted molar refractivity (Wildman–Crippen MR) is 64.9 cm³/mol. The Hall–Kier alpha value is -1.01. The molecular formula is C12H13BrN2. The SMILES string of the molecule is CC1CCN(c2ccc(C#N)c(Br)c2)C1. The summed E-state index contributed by atoms with van der Waals surface area (Å²) in [7, 11) is 0. The number of nitrogens with zero attached hydrogens (tertiary/aromatic N) is 2. The number of anilines is 1. The molecule has 0 radical (unpaired) electrons. The minimum Gasteiger partial charge on any atom is -0.371 e. The van der Waals surface area contributed by atoms with Crippen LogP contribution in [0.4, 0.5) is 5.69 Å². The molecule has 1 fully saturated rings. The lowest BCUT2D eigenvalue weighted by atomic mass is 10.2. The van der Waals surface area contributed by atoms with Gasteiger partial charge in [0.1, 0.15) is 6.07 Å². The zero-order valence-corrected chi connectivity index (χ0v) is 10.3. The number of nitriles is 1. The number of halogens is 1. The van der Waals surface area contributed by atoms with E-state index in [1.54, 1.807) is 0 Å². The lowest BCUT2D eigenvalue weighted by Gasteiger charge is -2.18. The third-order valence-corrected chi connectivity index (χ3v) is 3.52. The standard InChI is InChI=1S/C12H13BrN2/c1-9-4-5-15(8-9)11-3-2-10(7-14)12(13)6-11/h2-3,6,9H,4-5,8H2,1H3. The van der Waals surface area contributed by atoms with Crippen molar-refractivity contribution in [1.29, 1.82) is 5.26 Å². The largest absolute Gasteiger partial charge is 0.371 e. The summed E-state index contributed by atoms with van der Waals surface area (Å²) in [6.07, 6.45) is 1.26. The normalized spacial score (nSPS) is 20.3. The van der Waals surface area contributed by atoms with Crippen LogP contribution in [0.1, 0.15) is 18.9 Å². The van der Waals surface area contributed by atoms with Crippen molar-refractivity contribution in [3.05, 3.63) is 28.2 Å². The van der Waals surface area contributed by atoms with Gasteiger partial charge in [-0.2, -0.15) is 5.26 Å². The Kier molecular flexibility index (Phi) is 2.97. The Morgan fingerprint density at radius 3 is 2.87 bits per heavy atom. The minimum absolute atomic E-state index is 0.700.